The highest BCUT2D eigenvalue weighted by atomic mass is 16.5. The lowest BCUT2D eigenvalue weighted by Gasteiger charge is -2.34. The number of amides is 1. The Balaban J connectivity index is 2.45. The molecule has 0 aliphatic carbocycles. The first-order chi connectivity index (χ1) is 8.52. The average Bonchev–Trinajstić information content (AvgIpc) is 2.28. The third-order valence-electron chi connectivity index (χ3n) is 3.32. The quantitative estimate of drug-likeness (QED) is 0.683. The second-order valence-electron chi connectivity index (χ2n) is 5.50. The lowest BCUT2D eigenvalue weighted by atomic mass is 9.98. The Morgan fingerprint density at radius 1 is 1.56 bits per heavy atom. The van der Waals surface area contributed by atoms with Crippen LogP contribution < -0.4 is 11.1 Å². The Bertz CT molecular complexity index is 257. The van der Waals surface area contributed by atoms with E-state index in [0.717, 1.165) is 19.7 Å². The average molecular weight is 257 g/mol. The Morgan fingerprint density at radius 3 is 2.83 bits per heavy atom. The number of piperidine rings is 1. The van der Waals surface area contributed by atoms with Gasteiger partial charge in [-0.15, -0.1) is 0 Å². The number of nitrogens with one attached hydrogen (secondary N) is 1. The molecule has 1 amide bonds. The van der Waals surface area contributed by atoms with Gasteiger partial charge >= 0.3 is 0 Å². The van der Waals surface area contributed by atoms with E-state index in [0.29, 0.717) is 12.5 Å². The van der Waals surface area contributed by atoms with Crippen molar-refractivity contribution >= 4 is 5.91 Å². The van der Waals surface area contributed by atoms with Gasteiger partial charge in [-0.1, -0.05) is 13.8 Å². The first kappa shape index (κ1) is 15.4. The Morgan fingerprint density at radius 2 is 2.28 bits per heavy atom. The van der Waals surface area contributed by atoms with E-state index in [1.165, 1.54) is 12.8 Å². The van der Waals surface area contributed by atoms with E-state index in [9.17, 15) is 4.79 Å². The van der Waals surface area contributed by atoms with Crippen LogP contribution in [-0.4, -0.2) is 56.2 Å². The van der Waals surface area contributed by atoms with Crippen molar-refractivity contribution < 1.29 is 9.53 Å². The maximum Gasteiger partial charge on any atom is 0.235 e. The number of methoxy groups -OCH3 is 1. The summed E-state index contributed by atoms with van der Waals surface area (Å²) in [6.07, 6.45) is 2.38. The zero-order valence-electron chi connectivity index (χ0n) is 11.8. The fourth-order valence-corrected chi connectivity index (χ4v) is 2.57. The van der Waals surface area contributed by atoms with E-state index in [1.807, 2.05) is 13.8 Å². The number of likely N-dealkylation sites (tertiary alicyclic amines) is 1. The normalized spacial score (nSPS) is 23.2. The van der Waals surface area contributed by atoms with E-state index in [4.69, 9.17) is 10.5 Å². The van der Waals surface area contributed by atoms with Crippen LogP contribution in [0.25, 0.3) is 0 Å². The molecule has 1 fully saturated rings. The van der Waals surface area contributed by atoms with Gasteiger partial charge in [-0.25, -0.2) is 0 Å². The van der Waals surface area contributed by atoms with Crippen LogP contribution in [0.2, 0.25) is 0 Å². The van der Waals surface area contributed by atoms with Crippen LogP contribution in [0.3, 0.4) is 0 Å². The molecule has 1 rings (SSSR count). The van der Waals surface area contributed by atoms with Gasteiger partial charge in [0.2, 0.25) is 5.91 Å². The number of carbonyl (C=O) groups is 1. The summed E-state index contributed by atoms with van der Waals surface area (Å²) >= 11 is 0. The Hall–Kier alpha value is -0.650. The maximum atomic E-state index is 11.4. The van der Waals surface area contributed by atoms with E-state index >= 15 is 0 Å². The fraction of sp³-hybridized carbons (Fsp3) is 0.923. The summed E-state index contributed by atoms with van der Waals surface area (Å²) in [6.45, 7) is 7.60. The van der Waals surface area contributed by atoms with Gasteiger partial charge in [-0.3, -0.25) is 4.79 Å². The minimum Gasteiger partial charge on any atom is -0.384 e. The summed E-state index contributed by atoms with van der Waals surface area (Å²) < 4.78 is 5.21. The Labute approximate surface area is 110 Å². The first-order valence-corrected chi connectivity index (χ1v) is 6.79. The van der Waals surface area contributed by atoms with Crippen LogP contribution in [0, 0.1) is 5.92 Å². The molecule has 106 valence electrons. The molecule has 1 aliphatic rings. The van der Waals surface area contributed by atoms with Crippen LogP contribution in [-0.2, 0) is 9.53 Å². The molecule has 18 heavy (non-hydrogen) atoms. The third-order valence-corrected chi connectivity index (χ3v) is 3.32. The smallest absolute Gasteiger partial charge is 0.235 e. The second-order valence-corrected chi connectivity index (χ2v) is 5.50. The highest BCUT2D eigenvalue weighted by molar-refractivity contribution is 5.80. The number of nitrogens with zero attached hydrogens (tertiary/aromatic N) is 1. The molecule has 5 heteroatoms. The summed E-state index contributed by atoms with van der Waals surface area (Å²) in [5, 5.41) is 3.23. The van der Waals surface area contributed by atoms with Crippen molar-refractivity contribution in [2.24, 2.45) is 11.7 Å². The molecule has 1 aliphatic heterocycles. The molecule has 2 unspecified atom stereocenters. The molecule has 0 radical (unpaired) electrons. The molecule has 1 saturated heterocycles. The highest BCUT2D eigenvalue weighted by Gasteiger charge is 2.24. The van der Waals surface area contributed by atoms with E-state index in [1.54, 1.807) is 7.11 Å². The van der Waals surface area contributed by atoms with Gasteiger partial charge in [0.1, 0.15) is 0 Å². The summed E-state index contributed by atoms with van der Waals surface area (Å²) in [5.41, 5.74) is 5.44. The SMILES string of the molecule is COCC1CCCN(CC(NC(C)C)C(N)=O)C1. The monoisotopic (exact) mass is 257 g/mol. The zero-order chi connectivity index (χ0) is 13.5. The van der Waals surface area contributed by atoms with Gasteiger partial charge in [0, 0.05) is 26.2 Å². The van der Waals surface area contributed by atoms with Gasteiger partial charge in [-0.05, 0) is 25.3 Å². The summed E-state index contributed by atoms with van der Waals surface area (Å²) in [4.78, 5) is 13.7. The molecule has 0 spiro atoms. The number of primary amides is 1. The van der Waals surface area contributed by atoms with Gasteiger partial charge in [0.05, 0.1) is 12.6 Å². The third kappa shape index (κ3) is 5.33. The van der Waals surface area contributed by atoms with Crippen LogP contribution in [0.15, 0.2) is 0 Å². The lowest BCUT2D eigenvalue weighted by Crippen LogP contribution is -2.53. The van der Waals surface area contributed by atoms with Crippen molar-refractivity contribution in [3.63, 3.8) is 0 Å². The van der Waals surface area contributed by atoms with Gasteiger partial charge < -0.3 is 20.7 Å². The minimum absolute atomic E-state index is 0.258. The van der Waals surface area contributed by atoms with Crippen LogP contribution in [0.1, 0.15) is 26.7 Å². The predicted octanol–water partition coefficient (Wildman–Crippen LogP) is 0.197. The highest BCUT2D eigenvalue weighted by Crippen LogP contribution is 2.16. The molecule has 5 nitrogen and oxygen atoms in total. The summed E-state index contributed by atoms with van der Waals surface area (Å²) in [7, 11) is 1.74. The Kier molecular flexibility index (Phi) is 6.60. The molecular formula is C13H27N3O2. The number of hydrogen-bond acceptors (Lipinski definition) is 4. The maximum absolute atomic E-state index is 11.4. The summed E-state index contributed by atoms with van der Waals surface area (Å²) in [6, 6.07) is 0.00774. The lowest BCUT2D eigenvalue weighted by molar-refractivity contribution is -0.120. The van der Waals surface area contributed by atoms with Crippen LogP contribution in [0.5, 0.6) is 0 Å². The standard InChI is InChI=1S/C13H27N3O2/c1-10(2)15-12(13(14)17)8-16-6-4-5-11(7-16)9-18-3/h10-12,15H,4-9H2,1-3H3,(H2,14,17). The molecule has 0 bridgehead atoms. The van der Waals surface area contributed by atoms with Crippen molar-refractivity contribution in [2.45, 2.75) is 38.8 Å². The number of ether oxygens (including phenoxy) is 1. The molecule has 1 heterocycles. The zero-order valence-corrected chi connectivity index (χ0v) is 11.8. The molecule has 0 aromatic rings. The molecule has 0 saturated carbocycles. The molecule has 3 N–H and O–H groups in total. The second kappa shape index (κ2) is 7.71. The van der Waals surface area contributed by atoms with Gasteiger partial charge in [0.25, 0.3) is 0 Å². The number of carbonyl (C=O) groups excluding carboxylic acids is 1. The molecular weight excluding hydrogens is 230 g/mol. The van der Waals surface area contributed by atoms with Crippen LogP contribution in [0.4, 0.5) is 0 Å². The number of rotatable bonds is 7. The fourth-order valence-electron chi connectivity index (χ4n) is 2.57. The predicted molar refractivity (Wildman–Crippen MR) is 72.3 cm³/mol. The largest absolute Gasteiger partial charge is 0.384 e. The molecule has 0 aromatic carbocycles. The van der Waals surface area contributed by atoms with E-state index in [2.05, 4.69) is 10.2 Å². The van der Waals surface area contributed by atoms with Crippen molar-refractivity contribution in [1.82, 2.24) is 10.2 Å². The van der Waals surface area contributed by atoms with Crippen molar-refractivity contribution in [3.8, 4) is 0 Å². The minimum atomic E-state index is -0.266. The number of nitrogens with two attached hydrogens (primary N) is 1. The van der Waals surface area contributed by atoms with Crippen molar-refractivity contribution in [1.29, 1.82) is 0 Å². The van der Waals surface area contributed by atoms with Gasteiger partial charge in [0.15, 0.2) is 0 Å². The summed E-state index contributed by atoms with van der Waals surface area (Å²) in [5.74, 6) is 0.314. The van der Waals surface area contributed by atoms with E-state index in [-0.39, 0.29) is 18.0 Å². The number of hydrogen-bond donors (Lipinski definition) is 2. The molecule has 2 atom stereocenters. The van der Waals surface area contributed by atoms with Gasteiger partial charge in [-0.2, -0.15) is 0 Å². The van der Waals surface area contributed by atoms with Crippen LogP contribution >= 0.6 is 0 Å². The van der Waals surface area contributed by atoms with Crippen molar-refractivity contribution in [2.75, 3.05) is 33.4 Å². The van der Waals surface area contributed by atoms with E-state index < -0.39 is 0 Å². The van der Waals surface area contributed by atoms with Crippen molar-refractivity contribution in [3.05, 3.63) is 0 Å². The molecule has 0 aromatic heterocycles. The first-order valence-electron chi connectivity index (χ1n) is 6.79. The topological polar surface area (TPSA) is 67.6 Å².